The lowest BCUT2D eigenvalue weighted by Gasteiger charge is -2.22. The van der Waals surface area contributed by atoms with Gasteiger partial charge in [0.2, 0.25) is 0 Å². The molecule has 0 bridgehead atoms. The van der Waals surface area contributed by atoms with E-state index in [0.29, 0.717) is 6.10 Å². The lowest BCUT2D eigenvalue weighted by Crippen LogP contribution is -2.21. The van der Waals surface area contributed by atoms with Crippen molar-refractivity contribution in [3.8, 4) is 0 Å². The molecular formula is C14H28O. The minimum atomic E-state index is 0.555. The van der Waals surface area contributed by atoms with E-state index in [1.165, 1.54) is 44.9 Å². The van der Waals surface area contributed by atoms with Crippen molar-refractivity contribution in [1.29, 1.82) is 0 Å². The predicted octanol–water partition coefficient (Wildman–Crippen LogP) is 4.41. The molecule has 2 unspecified atom stereocenters. The second-order valence-electron chi connectivity index (χ2n) is 5.56. The Balaban J connectivity index is 2.12. The van der Waals surface area contributed by atoms with Crippen LogP contribution < -0.4 is 0 Å². The first kappa shape index (κ1) is 13.0. The van der Waals surface area contributed by atoms with Gasteiger partial charge in [-0.05, 0) is 37.5 Å². The number of ether oxygens (including phenoxy) is 1. The summed E-state index contributed by atoms with van der Waals surface area (Å²) in [4.78, 5) is 0. The summed E-state index contributed by atoms with van der Waals surface area (Å²) in [5.41, 5.74) is 0. The summed E-state index contributed by atoms with van der Waals surface area (Å²) < 4.78 is 6.03. The predicted molar refractivity (Wildman–Crippen MR) is 66.1 cm³/mol. The molecule has 0 N–H and O–H groups in total. The summed E-state index contributed by atoms with van der Waals surface area (Å²) in [5, 5.41) is 0. The summed E-state index contributed by atoms with van der Waals surface area (Å²) in [6.45, 7) is 7.91. The van der Waals surface area contributed by atoms with Crippen LogP contribution in [0.2, 0.25) is 0 Å². The van der Waals surface area contributed by atoms with Crippen LogP contribution in [0.3, 0.4) is 0 Å². The van der Waals surface area contributed by atoms with Gasteiger partial charge in [0.05, 0.1) is 6.10 Å². The second-order valence-corrected chi connectivity index (χ2v) is 5.56. The highest BCUT2D eigenvalue weighted by molar-refractivity contribution is 4.70. The molecule has 1 rings (SSSR count). The van der Waals surface area contributed by atoms with E-state index in [4.69, 9.17) is 4.74 Å². The van der Waals surface area contributed by atoms with Gasteiger partial charge in [0.25, 0.3) is 0 Å². The molecular weight excluding hydrogens is 184 g/mol. The highest BCUT2D eigenvalue weighted by atomic mass is 16.5. The molecule has 1 fully saturated rings. The fourth-order valence-electron chi connectivity index (χ4n) is 2.43. The van der Waals surface area contributed by atoms with Crippen molar-refractivity contribution in [2.75, 3.05) is 6.61 Å². The van der Waals surface area contributed by atoms with Crippen molar-refractivity contribution < 1.29 is 4.74 Å². The molecule has 0 spiro atoms. The molecule has 2 atom stereocenters. The van der Waals surface area contributed by atoms with E-state index in [0.717, 1.165) is 18.4 Å². The van der Waals surface area contributed by atoms with E-state index >= 15 is 0 Å². The monoisotopic (exact) mass is 212 g/mol. The fourth-order valence-corrected chi connectivity index (χ4v) is 2.43. The van der Waals surface area contributed by atoms with Gasteiger partial charge in [0.1, 0.15) is 0 Å². The van der Waals surface area contributed by atoms with E-state index in [1.807, 2.05) is 0 Å². The van der Waals surface area contributed by atoms with Crippen molar-refractivity contribution in [3.05, 3.63) is 0 Å². The third kappa shape index (κ3) is 5.55. The lowest BCUT2D eigenvalue weighted by atomic mass is 10.00. The van der Waals surface area contributed by atoms with Crippen molar-refractivity contribution >= 4 is 0 Å². The molecule has 0 heterocycles. The first-order valence-corrected chi connectivity index (χ1v) is 6.81. The Morgan fingerprint density at radius 3 is 2.60 bits per heavy atom. The molecule has 1 aliphatic rings. The fraction of sp³-hybridized carbons (Fsp3) is 1.00. The summed E-state index contributed by atoms with van der Waals surface area (Å²) in [5.74, 6) is 1.60. The molecule has 1 saturated carbocycles. The van der Waals surface area contributed by atoms with Crippen LogP contribution in [0, 0.1) is 11.8 Å². The van der Waals surface area contributed by atoms with E-state index in [2.05, 4.69) is 20.8 Å². The largest absolute Gasteiger partial charge is 0.378 e. The minimum absolute atomic E-state index is 0.555. The Kier molecular flexibility index (Phi) is 6.31. The summed E-state index contributed by atoms with van der Waals surface area (Å²) in [6.07, 6.45) is 9.96. The Labute approximate surface area is 95.6 Å². The zero-order chi connectivity index (χ0) is 11.1. The normalized spacial score (nSPS) is 28.0. The Bertz CT molecular complexity index is 153. The SMILES string of the molecule is CC(C)CCCOC1CCCCCC1C. The van der Waals surface area contributed by atoms with E-state index < -0.39 is 0 Å². The van der Waals surface area contributed by atoms with Gasteiger partial charge < -0.3 is 4.74 Å². The van der Waals surface area contributed by atoms with Gasteiger partial charge in [-0.3, -0.25) is 0 Å². The van der Waals surface area contributed by atoms with Crippen LogP contribution >= 0.6 is 0 Å². The van der Waals surface area contributed by atoms with Crippen LogP contribution in [0.4, 0.5) is 0 Å². The van der Waals surface area contributed by atoms with E-state index in [1.54, 1.807) is 0 Å². The van der Waals surface area contributed by atoms with Crippen LogP contribution in [0.25, 0.3) is 0 Å². The topological polar surface area (TPSA) is 9.23 Å². The highest BCUT2D eigenvalue weighted by Gasteiger charge is 2.19. The number of hydrogen-bond donors (Lipinski definition) is 0. The lowest BCUT2D eigenvalue weighted by molar-refractivity contribution is 0.0105. The van der Waals surface area contributed by atoms with E-state index in [9.17, 15) is 0 Å². The average molecular weight is 212 g/mol. The molecule has 0 aromatic heterocycles. The molecule has 0 aromatic carbocycles. The summed E-state index contributed by atoms with van der Waals surface area (Å²) in [6, 6.07) is 0. The van der Waals surface area contributed by atoms with Crippen LogP contribution in [0.1, 0.15) is 65.7 Å². The Morgan fingerprint density at radius 1 is 1.13 bits per heavy atom. The van der Waals surface area contributed by atoms with Crippen LogP contribution in [0.15, 0.2) is 0 Å². The van der Waals surface area contributed by atoms with Crippen molar-refractivity contribution in [2.45, 2.75) is 71.8 Å². The van der Waals surface area contributed by atoms with Crippen molar-refractivity contribution in [3.63, 3.8) is 0 Å². The molecule has 15 heavy (non-hydrogen) atoms. The average Bonchev–Trinajstić information content (AvgIpc) is 2.38. The Hall–Kier alpha value is -0.0400. The second kappa shape index (κ2) is 7.27. The first-order valence-electron chi connectivity index (χ1n) is 6.81. The summed E-state index contributed by atoms with van der Waals surface area (Å²) >= 11 is 0. The molecule has 90 valence electrons. The smallest absolute Gasteiger partial charge is 0.0600 e. The third-order valence-electron chi connectivity index (χ3n) is 3.54. The zero-order valence-corrected chi connectivity index (χ0v) is 10.8. The molecule has 0 radical (unpaired) electrons. The van der Waals surface area contributed by atoms with Crippen molar-refractivity contribution in [1.82, 2.24) is 0 Å². The molecule has 0 aliphatic heterocycles. The highest BCUT2D eigenvalue weighted by Crippen LogP contribution is 2.25. The number of rotatable bonds is 5. The van der Waals surface area contributed by atoms with Gasteiger partial charge in [0.15, 0.2) is 0 Å². The van der Waals surface area contributed by atoms with Gasteiger partial charge in [-0.2, -0.15) is 0 Å². The quantitative estimate of drug-likeness (QED) is 0.484. The van der Waals surface area contributed by atoms with E-state index in [-0.39, 0.29) is 0 Å². The van der Waals surface area contributed by atoms with Gasteiger partial charge in [-0.25, -0.2) is 0 Å². The number of hydrogen-bond acceptors (Lipinski definition) is 1. The zero-order valence-electron chi connectivity index (χ0n) is 10.8. The van der Waals surface area contributed by atoms with Crippen LogP contribution in [0.5, 0.6) is 0 Å². The van der Waals surface area contributed by atoms with Crippen LogP contribution in [-0.2, 0) is 4.74 Å². The molecule has 1 nitrogen and oxygen atoms in total. The van der Waals surface area contributed by atoms with Gasteiger partial charge in [-0.15, -0.1) is 0 Å². The Morgan fingerprint density at radius 2 is 1.87 bits per heavy atom. The molecule has 0 amide bonds. The van der Waals surface area contributed by atoms with Crippen molar-refractivity contribution in [2.24, 2.45) is 11.8 Å². The maximum atomic E-state index is 6.03. The molecule has 1 heteroatoms. The van der Waals surface area contributed by atoms with Crippen LogP contribution in [-0.4, -0.2) is 12.7 Å². The molecule has 0 aromatic rings. The molecule has 1 aliphatic carbocycles. The minimum Gasteiger partial charge on any atom is -0.378 e. The summed E-state index contributed by atoms with van der Waals surface area (Å²) in [7, 11) is 0. The van der Waals surface area contributed by atoms with Gasteiger partial charge in [-0.1, -0.05) is 40.0 Å². The maximum Gasteiger partial charge on any atom is 0.0600 e. The maximum absolute atomic E-state index is 6.03. The first-order chi connectivity index (χ1) is 7.20. The van der Waals surface area contributed by atoms with Gasteiger partial charge in [0, 0.05) is 6.61 Å². The van der Waals surface area contributed by atoms with Gasteiger partial charge >= 0.3 is 0 Å². The molecule has 0 saturated heterocycles. The third-order valence-corrected chi connectivity index (χ3v) is 3.54. The standard InChI is InChI=1S/C14H28O/c1-12(2)8-7-11-15-14-10-6-4-5-9-13(14)3/h12-14H,4-11H2,1-3H3.